The number of morpholine rings is 1. The Morgan fingerprint density at radius 1 is 1.36 bits per heavy atom. The van der Waals surface area contributed by atoms with Crippen molar-refractivity contribution in [2.45, 2.75) is 17.8 Å². The van der Waals surface area contributed by atoms with E-state index in [4.69, 9.17) is 9.47 Å². The maximum Gasteiger partial charge on any atom is 0.167 e. The zero-order chi connectivity index (χ0) is 19.6. The van der Waals surface area contributed by atoms with Crippen LogP contribution in [0.5, 0.6) is 5.75 Å². The van der Waals surface area contributed by atoms with Crippen LogP contribution in [0.1, 0.15) is 5.56 Å². The molecule has 0 amide bonds. The summed E-state index contributed by atoms with van der Waals surface area (Å²) < 4.78 is 13.1. The van der Waals surface area contributed by atoms with Crippen molar-refractivity contribution < 1.29 is 14.6 Å². The van der Waals surface area contributed by atoms with Crippen LogP contribution in [0.2, 0.25) is 0 Å². The smallest absolute Gasteiger partial charge is 0.167 e. The lowest BCUT2D eigenvalue weighted by Crippen LogP contribution is -2.42. The molecular weight excluding hydrogens is 376 g/mol. The maximum absolute atomic E-state index is 10.2. The highest BCUT2D eigenvalue weighted by atomic mass is 32.2. The van der Waals surface area contributed by atoms with Gasteiger partial charge in [-0.15, -0.1) is 0 Å². The predicted octanol–water partition coefficient (Wildman–Crippen LogP) is 1.37. The number of ether oxygens (including phenoxy) is 2. The van der Waals surface area contributed by atoms with Crippen LogP contribution in [0.25, 0.3) is 0 Å². The van der Waals surface area contributed by atoms with Gasteiger partial charge in [-0.2, -0.15) is 0 Å². The van der Waals surface area contributed by atoms with Crippen molar-refractivity contribution in [2.75, 3.05) is 51.8 Å². The van der Waals surface area contributed by atoms with E-state index in [9.17, 15) is 5.11 Å². The van der Waals surface area contributed by atoms with Crippen molar-refractivity contribution in [3.63, 3.8) is 0 Å². The van der Waals surface area contributed by atoms with Gasteiger partial charge in [0.15, 0.2) is 5.16 Å². The fourth-order valence-corrected chi connectivity index (χ4v) is 3.84. The lowest BCUT2D eigenvalue weighted by Gasteiger charge is -2.28. The first-order valence-electron chi connectivity index (χ1n) is 9.71. The largest absolute Gasteiger partial charge is 0.491 e. The molecular formula is C20H30N4O3S. The van der Waals surface area contributed by atoms with Gasteiger partial charge in [0, 0.05) is 57.9 Å². The number of aromatic nitrogens is 2. The number of hydrogen-bond donors (Lipinski definition) is 2. The van der Waals surface area contributed by atoms with Gasteiger partial charge < -0.3 is 24.5 Å². The molecule has 2 aromatic rings. The van der Waals surface area contributed by atoms with E-state index in [1.54, 1.807) is 11.8 Å². The summed E-state index contributed by atoms with van der Waals surface area (Å²) in [6, 6.07) is 8.03. The highest BCUT2D eigenvalue weighted by Crippen LogP contribution is 2.15. The van der Waals surface area contributed by atoms with E-state index in [1.165, 1.54) is 5.56 Å². The fourth-order valence-electron chi connectivity index (χ4n) is 3.01. The average Bonchev–Trinajstić information content (AvgIpc) is 3.12. The third-order valence-corrected chi connectivity index (χ3v) is 5.59. The van der Waals surface area contributed by atoms with Gasteiger partial charge in [-0.1, -0.05) is 23.9 Å². The molecule has 0 radical (unpaired) electrons. The maximum atomic E-state index is 10.2. The zero-order valence-electron chi connectivity index (χ0n) is 16.4. The van der Waals surface area contributed by atoms with Gasteiger partial charge in [0.2, 0.25) is 0 Å². The summed E-state index contributed by atoms with van der Waals surface area (Å²) in [5, 5.41) is 14.7. The molecule has 1 saturated heterocycles. The molecule has 8 heteroatoms. The van der Waals surface area contributed by atoms with Crippen molar-refractivity contribution in [3.8, 4) is 5.75 Å². The summed E-state index contributed by atoms with van der Waals surface area (Å²) >= 11 is 1.74. The van der Waals surface area contributed by atoms with E-state index in [0.717, 1.165) is 56.1 Å². The van der Waals surface area contributed by atoms with E-state index in [0.29, 0.717) is 13.2 Å². The number of β-amino-alcohol motifs (C(OH)–C–C–N with tert-alkyl or cyclic N) is 1. The number of aliphatic hydroxyl groups is 1. The van der Waals surface area contributed by atoms with Gasteiger partial charge >= 0.3 is 0 Å². The van der Waals surface area contributed by atoms with Crippen LogP contribution >= 0.6 is 11.8 Å². The van der Waals surface area contributed by atoms with Crippen LogP contribution in [0.3, 0.4) is 0 Å². The second kappa shape index (κ2) is 11.4. The SMILES string of the molecule is Cn1ccnc1SCCNCc1cccc(OC[C@H](O)CN2CCOCC2)c1. The molecule has 0 bridgehead atoms. The Hall–Kier alpha value is -1.58. The minimum absolute atomic E-state index is 0.300. The van der Waals surface area contributed by atoms with Gasteiger partial charge in [0.1, 0.15) is 18.5 Å². The van der Waals surface area contributed by atoms with E-state index in [1.807, 2.05) is 42.2 Å². The van der Waals surface area contributed by atoms with Gasteiger partial charge in [-0.25, -0.2) is 4.98 Å². The Balaban J connectivity index is 1.33. The molecule has 0 unspecified atom stereocenters. The van der Waals surface area contributed by atoms with Crippen molar-refractivity contribution in [1.29, 1.82) is 0 Å². The average molecular weight is 407 g/mol. The number of nitrogens with one attached hydrogen (secondary N) is 1. The lowest BCUT2D eigenvalue weighted by atomic mass is 10.2. The standard InChI is InChI=1S/C20H30N4O3S/c1-23-7-5-22-20(23)28-12-6-21-14-17-3-2-4-19(13-17)27-16-18(25)15-24-8-10-26-11-9-24/h2-5,7,13,18,21,25H,6,8-12,14-16H2,1H3/t18-/m1/s1. The van der Waals surface area contributed by atoms with Crippen LogP contribution < -0.4 is 10.1 Å². The van der Waals surface area contributed by atoms with Crippen LogP contribution in [-0.4, -0.2) is 77.4 Å². The minimum atomic E-state index is -0.497. The summed E-state index contributed by atoms with van der Waals surface area (Å²) in [4.78, 5) is 6.52. The summed E-state index contributed by atoms with van der Waals surface area (Å²) in [5.41, 5.74) is 1.17. The third-order valence-electron chi connectivity index (χ3n) is 4.53. The molecule has 1 atom stereocenters. The molecule has 2 heterocycles. The van der Waals surface area contributed by atoms with Crippen LogP contribution in [-0.2, 0) is 18.3 Å². The molecule has 3 rings (SSSR count). The summed E-state index contributed by atoms with van der Waals surface area (Å²) in [5.74, 6) is 1.76. The first kappa shape index (κ1) is 21.1. The summed E-state index contributed by atoms with van der Waals surface area (Å²) in [6.45, 7) is 5.83. The van der Waals surface area contributed by atoms with Gasteiger partial charge in [0.25, 0.3) is 0 Å². The van der Waals surface area contributed by atoms with E-state index < -0.39 is 6.10 Å². The highest BCUT2D eigenvalue weighted by Gasteiger charge is 2.15. The number of nitrogens with zero attached hydrogens (tertiary/aromatic N) is 3. The Bertz CT molecular complexity index is 706. The highest BCUT2D eigenvalue weighted by molar-refractivity contribution is 7.99. The molecule has 1 fully saturated rings. The fraction of sp³-hybridized carbons (Fsp3) is 0.550. The van der Waals surface area contributed by atoms with Gasteiger partial charge in [-0.05, 0) is 17.7 Å². The van der Waals surface area contributed by atoms with Crippen molar-refractivity contribution >= 4 is 11.8 Å². The molecule has 0 saturated carbocycles. The van der Waals surface area contributed by atoms with Gasteiger partial charge in [-0.3, -0.25) is 4.90 Å². The number of imidazole rings is 1. The van der Waals surface area contributed by atoms with E-state index >= 15 is 0 Å². The van der Waals surface area contributed by atoms with Crippen LogP contribution in [0.4, 0.5) is 0 Å². The second-order valence-electron chi connectivity index (χ2n) is 6.87. The Labute approximate surface area is 171 Å². The number of benzene rings is 1. The number of rotatable bonds is 11. The molecule has 154 valence electrons. The number of aryl methyl sites for hydroxylation is 1. The first-order valence-corrected chi connectivity index (χ1v) is 10.7. The molecule has 1 aromatic carbocycles. The molecule has 28 heavy (non-hydrogen) atoms. The lowest BCUT2D eigenvalue weighted by molar-refractivity contribution is 0.00465. The summed E-state index contributed by atoms with van der Waals surface area (Å²) in [6.07, 6.45) is 3.28. The quantitative estimate of drug-likeness (QED) is 0.431. The summed E-state index contributed by atoms with van der Waals surface area (Å²) in [7, 11) is 2.01. The minimum Gasteiger partial charge on any atom is -0.491 e. The Morgan fingerprint density at radius 2 is 2.21 bits per heavy atom. The second-order valence-corrected chi connectivity index (χ2v) is 7.93. The Morgan fingerprint density at radius 3 is 3.00 bits per heavy atom. The van der Waals surface area contributed by atoms with Crippen molar-refractivity contribution in [3.05, 3.63) is 42.2 Å². The van der Waals surface area contributed by atoms with Gasteiger partial charge in [0.05, 0.1) is 13.2 Å². The number of aliphatic hydroxyl groups excluding tert-OH is 1. The normalized spacial score (nSPS) is 16.2. The molecule has 1 aromatic heterocycles. The number of hydrogen-bond acceptors (Lipinski definition) is 7. The van der Waals surface area contributed by atoms with Crippen molar-refractivity contribution in [2.24, 2.45) is 7.05 Å². The molecule has 1 aliphatic rings. The van der Waals surface area contributed by atoms with Crippen LogP contribution in [0.15, 0.2) is 41.8 Å². The molecule has 2 N–H and O–H groups in total. The zero-order valence-corrected chi connectivity index (χ0v) is 17.2. The topological polar surface area (TPSA) is 71.8 Å². The molecule has 7 nitrogen and oxygen atoms in total. The molecule has 0 aliphatic carbocycles. The monoisotopic (exact) mass is 406 g/mol. The first-order chi connectivity index (χ1) is 13.7. The number of thioether (sulfide) groups is 1. The van der Waals surface area contributed by atoms with Crippen molar-refractivity contribution in [1.82, 2.24) is 19.8 Å². The van der Waals surface area contributed by atoms with E-state index in [2.05, 4.69) is 21.3 Å². The van der Waals surface area contributed by atoms with E-state index in [-0.39, 0.29) is 0 Å². The molecule has 0 spiro atoms. The molecule has 1 aliphatic heterocycles. The third kappa shape index (κ3) is 7.10. The predicted molar refractivity (Wildman–Crippen MR) is 111 cm³/mol. The Kier molecular flexibility index (Phi) is 8.63. The van der Waals surface area contributed by atoms with Crippen LogP contribution in [0, 0.1) is 0 Å².